The number of likely N-dealkylation sites (tertiary alicyclic amines) is 1. The molecule has 4 heteroatoms. The molecule has 1 unspecified atom stereocenters. The van der Waals surface area contributed by atoms with Crippen LogP contribution in [0.3, 0.4) is 0 Å². The number of rotatable bonds is 4. The van der Waals surface area contributed by atoms with Crippen LogP contribution >= 0.6 is 0 Å². The van der Waals surface area contributed by atoms with Gasteiger partial charge in [0.15, 0.2) is 0 Å². The first-order valence-corrected chi connectivity index (χ1v) is 7.08. The Balaban J connectivity index is 1.92. The number of piperidine rings is 1. The highest BCUT2D eigenvalue weighted by molar-refractivity contribution is 5.60. The Morgan fingerprint density at radius 1 is 1.39 bits per heavy atom. The molecular weight excluding hydrogens is 228 g/mol. The monoisotopic (exact) mass is 254 g/mol. The van der Waals surface area contributed by atoms with Gasteiger partial charge in [0.25, 0.3) is 0 Å². The lowest BCUT2D eigenvalue weighted by atomic mass is 9.80. The van der Waals surface area contributed by atoms with Crippen molar-refractivity contribution in [3.8, 4) is 0 Å². The summed E-state index contributed by atoms with van der Waals surface area (Å²) in [5, 5.41) is 0. The first-order valence-electron chi connectivity index (χ1n) is 7.08. The number of carbonyl (C=O) groups excluding carboxylic acids is 1. The molecule has 104 valence electrons. The van der Waals surface area contributed by atoms with Crippen LogP contribution in [-0.2, 0) is 9.53 Å². The maximum absolute atomic E-state index is 11.5. The van der Waals surface area contributed by atoms with Crippen LogP contribution in [0.15, 0.2) is 0 Å². The maximum atomic E-state index is 11.5. The molecule has 0 N–H and O–H groups in total. The zero-order valence-electron chi connectivity index (χ0n) is 11.7. The first kappa shape index (κ1) is 14.0. The van der Waals surface area contributed by atoms with Crippen LogP contribution in [0.2, 0.25) is 0 Å². The van der Waals surface area contributed by atoms with Crippen LogP contribution in [0, 0.1) is 5.41 Å². The number of carbonyl (C=O) groups is 1. The van der Waals surface area contributed by atoms with Crippen molar-refractivity contribution < 1.29 is 9.53 Å². The Kier molecular flexibility index (Phi) is 4.76. The lowest BCUT2D eigenvalue weighted by Crippen LogP contribution is -2.50. The Morgan fingerprint density at radius 2 is 2.11 bits per heavy atom. The normalized spacial score (nSPS) is 29.4. The van der Waals surface area contributed by atoms with Gasteiger partial charge in [-0.3, -0.25) is 0 Å². The standard InChI is InChI=1S/C14H26N2O2/c1-15(2)13-4-3-7-16(10-13)11-14(12-17)5-8-18-9-6-14/h12-13H,3-11H2,1-2H3. The third kappa shape index (κ3) is 3.31. The summed E-state index contributed by atoms with van der Waals surface area (Å²) < 4.78 is 5.39. The van der Waals surface area contributed by atoms with Gasteiger partial charge in [0.1, 0.15) is 6.29 Å². The Bertz CT molecular complexity index is 275. The molecule has 0 spiro atoms. The number of hydrogen-bond donors (Lipinski definition) is 0. The molecule has 2 fully saturated rings. The van der Waals surface area contributed by atoms with Crippen molar-refractivity contribution in [3.63, 3.8) is 0 Å². The number of aldehydes is 1. The summed E-state index contributed by atoms with van der Waals surface area (Å²) in [5.74, 6) is 0. The van der Waals surface area contributed by atoms with Crippen LogP contribution in [0.25, 0.3) is 0 Å². The van der Waals surface area contributed by atoms with Gasteiger partial charge in [0.05, 0.1) is 0 Å². The predicted molar refractivity (Wildman–Crippen MR) is 71.7 cm³/mol. The summed E-state index contributed by atoms with van der Waals surface area (Å²) >= 11 is 0. The smallest absolute Gasteiger partial charge is 0.127 e. The number of ether oxygens (including phenoxy) is 1. The Morgan fingerprint density at radius 3 is 2.72 bits per heavy atom. The molecule has 0 aliphatic carbocycles. The molecule has 2 heterocycles. The summed E-state index contributed by atoms with van der Waals surface area (Å²) in [4.78, 5) is 16.3. The third-order valence-electron chi connectivity index (χ3n) is 4.49. The lowest BCUT2D eigenvalue weighted by Gasteiger charge is -2.41. The second kappa shape index (κ2) is 6.13. The van der Waals surface area contributed by atoms with Gasteiger partial charge in [-0.25, -0.2) is 0 Å². The van der Waals surface area contributed by atoms with E-state index in [2.05, 4.69) is 23.9 Å². The molecule has 0 aromatic rings. The molecular formula is C14H26N2O2. The highest BCUT2D eigenvalue weighted by Crippen LogP contribution is 2.30. The SMILES string of the molecule is CN(C)C1CCCN(CC2(C=O)CCOCC2)C1. The van der Waals surface area contributed by atoms with Gasteiger partial charge >= 0.3 is 0 Å². The van der Waals surface area contributed by atoms with Crippen molar-refractivity contribution >= 4 is 6.29 Å². The minimum atomic E-state index is -0.146. The zero-order valence-corrected chi connectivity index (χ0v) is 11.7. The van der Waals surface area contributed by atoms with Gasteiger partial charge in [-0.2, -0.15) is 0 Å². The summed E-state index contributed by atoms with van der Waals surface area (Å²) in [6.07, 6.45) is 5.49. The number of likely N-dealkylation sites (N-methyl/N-ethyl adjacent to an activating group) is 1. The fourth-order valence-electron chi connectivity index (χ4n) is 3.13. The summed E-state index contributed by atoms with van der Waals surface area (Å²) in [6, 6.07) is 0.641. The van der Waals surface area contributed by atoms with Gasteiger partial charge in [-0.1, -0.05) is 0 Å². The van der Waals surface area contributed by atoms with Gasteiger partial charge < -0.3 is 19.3 Å². The molecule has 4 nitrogen and oxygen atoms in total. The quantitative estimate of drug-likeness (QED) is 0.701. The third-order valence-corrected chi connectivity index (χ3v) is 4.49. The van der Waals surface area contributed by atoms with E-state index in [0.717, 1.165) is 45.7 Å². The van der Waals surface area contributed by atoms with Crippen molar-refractivity contribution in [2.75, 3.05) is 46.9 Å². The highest BCUT2D eigenvalue weighted by Gasteiger charge is 2.35. The fourth-order valence-corrected chi connectivity index (χ4v) is 3.13. The van der Waals surface area contributed by atoms with Gasteiger partial charge in [-0.15, -0.1) is 0 Å². The molecule has 0 aromatic carbocycles. The molecule has 2 aliphatic heterocycles. The number of nitrogens with zero attached hydrogens (tertiary/aromatic N) is 2. The van der Waals surface area contributed by atoms with Crippen molar-refractivity contribution in [3.05, 3.63) is 0 Å². The topological polar surface area (TPSA) is 32.8 Å². The average Bonchev–Trinajstić information content (AvgIpc) is 2.40. The predicted octanol–water partition coefficient (Wildman–Crippen LogP) is 1.01. The Hall–Kier alpha value is -0.450. The minimum Gasteiger partial charge on any atom is -0.381 e. The van der Waals surface area contributed by atoms with Crippen molar-refractivity contribution in [2.45, 2.75) is 31.7 Å². The molecule has 0 aromatic heterocycles. The van der Waals surface area contributed by atoms with E-state index in [-0.39, 0.29) is 5.41 Å². The first-order chi connectivity index (χ1) is 8.65. The molecule has 0 saturated carbocycles. The fraction of sp³-hybridized carbons (Fsp3) is 0.929. The van der Waals surface area contributed by atoms with Crippen molar-refractivity contribution in [2.24, 2.45) is 5.41 Å². The molecule has 0 bridgehead atoms. The van der Waals surface area contributed by atoms with Gasteiger partial charge in [0.2, 0.25) is 0 Å². The number of hydrogen-bond acceptors (Lipinski definition) is 4. The zero-order chi connectivity index (χ0) is 13.0. The second-order valence-corrected chi connectivity index (χ2v) is 6.09. The van der Waals surface area contributed by atoms with Crippen molar-refractivity contribution in [1.82, 2.24) is 9.80 Å². The van der Waals surface area contributed by atoms with Crippen LogP contribution in [0.4, 0.5) is 0 Å². The maximum Gasteiger partial charge on any atom is 0.127 e. The summed E-state index contributed by atoms with van der Waals surface area (Å²) in [5.41, 5.74) is -0.146. The molecule has 1 atom stereocenters. The van der Waals surface area contributed by atoms with Gasteiger partial charge in [0, 0.05) is 37.8 Å². The molecule has 2 saturated heterocycles. The van der Waals surface area contributed by atoms with E-state index >= 15 is 0 Å². The lowest BCUT2D eigenvalue weighted by molar-refractivity contribution is -0.123. The minimum absolute atomic E-state index is 0.146. The van der Waals surface area contributed by atoms with E-state index in [9.17, 15) is 4.79 Å². The van der Waals surface area contributed by atoms with Crippen molar-refractivity contribution in [1.29, 1.82) is 0 Å². The largest absolute Gasteiger partial charge is 0.381 e. The molecule has 0 radical (unpaired) electrons. The van der Waals surface area contributed by atoms with E-state index in [0.29, 0.717) is 6.04 Å². The summed E-state index contributed by atoms with van der Waals surface area (Å²) in [7, 11) is 4.30. The van der Waals surface area contributed by atoms with Crippen LogP contribution in [0.5, 0.6) is 0 Å². The molecule has 18 heavy (non-hydrogen) atoms. The molecule has 2 rings (SSSR count). The van der Waals surface area contributed by atoms with Crippen LogP contribution in [0.1, 0.15) is 25.7 Å². The Labute approximate surface area is 110 Å². The van der Waals surface area contributed by atoms with E-state index in [1.807, 2.05) is 0 Å². The van der Waals surface area contributed by atoms with Crippen LogP contribution in [-0.4, -0.2) is 69.1 Å². The average molecular weight is 254 g/mol. The van der Waals surface area contributed by atoms with E-state index < -0.39 is 0 Å². The van der Waals surface area contributed by atoms with Gasteiger partial charge in [-0.05, 0) is 46.3 Å². The molecule has 0 amide bonds. The second-order valence-electron chi connectivity index (χ2n) is 6.09. The highest BCUT2D eigenvalue weighted by atomic mass is 16.5. The van der Waals surface area contributed by atoms with E-state index in [4.69, 9.17) is 4.74 Å². The molecule has 2 aliphatic rings. The summed E-state index contributed by atoms with van der Waals surface area (Å²) in [6.45, 7) is 4.64. The van der Waals surface area contributed by atoms with Crippen LogP contribution < -0.4 is 0 Å². The van der Waals surface area contributed by atoms with E-state index in [1.54, 1.807) is 0 Å². The van der Waals surface area contributed by atoms with E-state index in [1.165, 1.54) is 19.1 Å².